The molecule has 140 valence electrons. The van der Waals surface area contributed by atoms with E-state index in [4.69, 9.17) is 14.3 Å². The molecule has 4 rings (SSSR count). The van der Waals surface area contributed by atoms with E-state index in [1.165, 1.54) is 0 Å². The Balaban J connectivity index is 1.48. The number of ether oxygens (including phenoxy) is 2. The van der Waals surface area contributed by atoms with Crippen LogP contribution in [0.4, 0.5) is 5.69 Å². The third kappa shape index (κ3) is 3.46. The van der Waals surface area contributed by atoms with Gasteiger partial charge in [-0.3, -0.25) is 4.79 Å². The predicted octanol–water partition coefficient (Wildman–Crippen LogP) is 3.09. The van der Waals surface area contributed by atoms with Crippen LogP contribution in [0.3, 0.4) is 0 Å². The van der Waals surface area contributed by atoms with Crippen LogP contribution in [0.15, 0.2) is 47.5 Å². The van der Waals surface area contributed by atoms with Gasteiger partial charge in [0.25, 0.3) is 0 Å². The highest BCUT2D eigenvalue weighted by Gasteiger charge is 2.38. The summed E-state index contributed by atoms with van der Waals surface area (Å²) in [6.45, 7) is 4.02. The van der Waals surface area contributed by atoms with Crippen molar-refractivity contribution in [3.63, 3.8) is 0 Å². The zero-order valence-electron chi connectivity index (χ0n) is 15.5. The van der Waals surface area contributed by atoms with Gasteiger partial charge >= 0.3 is 0 Å². The van der Waals surface area contributed by atoms with Gasteiger partial charge in [-0.15, -0.1) is 0 Å². The SMILES string of the molecule is Cc1ccccc1C1=NC(C)(CC(=O)Nc2ccc3c(c2)OCO3)ON1C. The third-order valence-corrected chi connectivity index (χ3v) is 4.51. The predicted molar refractivity (Wildman–Crippen MR) is 101 cm³/mol. The van der Waals surface area contributed by atoms with E-state index in [1.54, 1.807) is 37.2 Å². The zero-order chi connectivity index (χ0) is 19.0. The van der Waals surface area contributed by atoms with E-state index in [9.17, 15) is 4.79 Å². The molecule has 1 amide bonds. The van der Waals surface area contributed by atoms with Gasteiger partial charge in [-0.25, -0.2) is 14.9 Å². The maximum absolute atomic E-state index is 12.5. The van der Waals surface area contributed by atoms with Crippen LogP contribution in [0.2, 0.25) is 0 Å². The lowest BCUT2D eigenvalue weighted by atomic mass is 10.1. The second-order valence-electron chi connectivity index (χ2n) is 6.81. The number of aryl methyl sites for hydroxylation is 1. The van der Waals surface area contributed by atoms with E-state index >= 15 is 0 Å². The van der Waals surface area contributed by atoms with Gasteiger partial charge in [-0.05, 0) is 31.5 Å². The molecule has 7 nitrogen and oxygen atoms in total. The van der Waals surface area contributed by atoms with Crippen molar-refractivity contribution >= 4 is 17.4 Å². The summed E-state index contributed by atoms with van der Waals surface area (Å²) in [5.74, 6) is 1.81. The molecule has 2 aliphatic rings. The van der Waals surface area contributed by atoms with Gasteiger partial charge in [0.05, 0.1) is 6.42 Å². The van der Waals surface area contributed by atoms with Crippen LogP contribution < -0.4 is 14.8 Å². The number of hydrogen-bond donors (Lipinski definition) is 1. The van der Waals surface area contributed by atoms with Crippen LogP contribution in [0.1, 0.15) is 24.5 Å². The minimum atomic E-state index is -0.965. The molecule has 2 aromatic rings. The fourth-order valence-electron chi connectivity index (χ4n) is 3.26. The van der Waals surface area contributed by atoms with E-state index in [0.717, 1.165) is 11.1 Å². The van der Waals surface area contributed by atoms with Crippen molar-refractivity contribution in [2.24, 2.45) is 4.99 Å². The summed E-state index contributed by atoms with van der Waals surface area (Å²) in [4.78, 5) is 23.1. The van der Waals surface area contributed by atoms with Gasteiger partial charge < -0.3 is 14.8 Å². The smallest absolute Gasteiger partial charge is 0.231 e. The van der Waals surface area contributed by atoms with E-state index < -0.39 is 5.72 Å². The molecule has 1 atom stereocenters. The molecule has 0 aromatic heterocycles. The highest BCUT2D eigenvalue weighted by atomic mass is 16.7. The highest BCUT2D eigenvalue weighted by molar-refractivity contribution is 6.00. The zero-order valence-corrected chi connectivity index (χ0v) is 15.5. The number of hydrogen-bond acceptors (Lipinski definition) is 6. The van der Waals surface area contributed by atoms with Crippen molar-refractivity contribution in [1.29, 1.82) is 0 Å². The van der Waals surface area contributed by atoms with Crippen LogP contribution in [-0.2, 0) is 9.63 Å². The summed E-state index contributed by atoms with van der Waals surface area (Å²) in [6, 6.07) is 13.2. The van der Waals surface area contributed by atoms with E-state index in [0.29, 0.717) is 23.0 Å². The summed E-state index contributed by atoms with van der Waals surface area (Å²) in [6.07, 6.45) is 0.0845. The Morgan fingerprint density at radius 3 is 2.81 bits per heavy atom. The molecule has 1 N–H and O–H groups in total. The Hall–Kier alpha value is -3.06. The second kappa shape index (κ2) is 6.59. The number of aliphatic imine (C=N–C) groups is 1. The fourth-order valence-corrected chi connectivity index (χ4v) is 3.26. The van der Waals surface area contributed by atoms with Gasteiger partial charge in [0, 0.05) is 24.4 Å². The molecular formula is C20H21N3O4. The van der Waals surface area contributed by atoms with Crippen molar-refractivity contribution in [2.75, 3.05) is 19.2 Å². The molecule has 2 aromatic carbocycles. The molecule has 7 heteroatoms. The number of carbonyl (C=O) groups excluding carboxylic acids is 1. The topological polar surface area (TPSA) is 72.4 Å². The molecule has 0 aliphatic carbocycles. The number of amidine groups is 1. The first kappa shape index (κ1) is 17.4. The number of carbonyl (C=O) groups is 1. The number of amides is 1. The Bertz CT molecular complexity index is 927. The molecular weight excluding hydrogens is 346 g/mol. The molecule has 2 heterocycles. The molecule has 27 heavy (non-hydrogen) atoms. The molecule has 2 aliphatic heterocycles. The molecule has 1 unspecified atom stereocenters. The number of nitrogens with one attached hydrogen (secondary N) is 1. The Morgan fingerprint density at radius 2 is 2.00 bits per heavy atom. The van der Waals surface area contributed by atoms with E-state index in [1.807, 2.05) is 31.2 Å². The van der Waals surface area contributed by atoms with Crippen LogP contribution >= 0.6 is 0 Å². The van der Waals surface area contributed by atoms with Crippen LogP contribution in [0.25, 0.3) is 0 Å². The summed E-state index contributed by atoms with van der Waals surface area (Å²) in [7, 11) is 1.80. The number of rotatable bonds is 4. The fraction of sp³-hybridized carbons (Fsp3) is 0.300. The lowest BCUT2D eigenvalue weighted by molar-refractivity contribution is -0.164. The van der Waals surface area contributed by atoms with Crippen molar-refractivity contribution in [2.45, 2.75) is 26.0 Å². The van der Waals surface area contributed by atoms with Crippen LogP contribution in [0.5, 0.6) is 11.5 Å². The number of anilines is 1. The number of fused-ring (bicyclic) bond motifs is 1. The average molecular weight is 367 g/mol. The summed E-state index contributed by atoms with van der Waals surface area (Å²) in [5, 5.41) is 4.48. The largest absolute Gasteiger partial charge is 0.454 e. The Morgan fingerprint density at radius 1 is 1.22 bits per heavy atom. The van der Waals surface area contributed by atoms with Crippen molar-refractivity contribution in [1.82, 2.24) is 5.06 Å². The van der Waals surface area contributed by atoms with Gasteiger partial charge in [-0.1, -0.05) is 24.3 Å². The summed E-state index contributed by atoms with van der Waals surface area (Å²) < 4.78 is 10.6. The summed E-state index contributed by atoms with van der Waals surface area (Å²) >= 11 is 0. The first-order valence-corrected chi connectivity index (χ1v) is 8.72. The Kier molecular flexibility index (Phi) is 4.24. The number of nitrogens with zero attached hydrogens (tertiary/aromatic N) is 2. The first-order chi connectivity index (χ1) is 12.9. The number of benzene rings is 2. The van der Waals surface area contributed by atoms with E-state index in [2.05, 4.69) is 10.3 Å². The molecule has 0 spiro atoms. The van der Waals surface area contributed by atoms with Crippen molar-refractivity contribution in [3.8, 4) is 11.5 Å². The molecule has 0 radical (unpaired) electrons. The third-order valence-electron chi connectivity index (χ3n) is 4.51. The molecule has 0 fully saturated rings. The van der Waals surface area contributed by atoms with Gasteiger partial charge in [0.2, 0.25) is 12.7 Å². The van der Waals surface area contributed by atoms with Gasteiger partial charge in [0.15, 0.2) is 23.1 Å². The average Bonchev–Trinajstić information content (AvgIpc) is 3.18. The van der Waals surface area contributed by atoms with Crippen molar-refractivity contribution < 1.29 is 19.1 Å². The minimum absolute atomic E-state index is 0.0845. The summed E-state index contributed by atoms with van der Waals surface area (Å²) in [5.41, 5.74) is 1.76. The minimum Gasteiger partial charge on any atom is -0.454 e. The second-order valence-corrected chi connectivity index (χ2v) is 6.81. The number of hydroxylamine groups is 2. The molecule has 0 bridgehead atoms. The standard InChI is InChI=1S/C20H21N3O4/c1-13-6-4-5-7-15(13)19-22-20(2,27-23(19)3)11-18(24)21-14-8-9-16-17(10-14)26-12-25-16/h4-10H,11-12H2,1-3H3,(H,21,24). The normalized spacial score (nSPS) is 20.6. The molecule has 0 saturated heterocycles. The highest BCUT2D eigenvalue weighted by Crippen LogP contribution is 2.35. The van der Waals surface area contributed by atoms with Gasteiger partial charge in [0.1, 0.15) is 0 Å². The van der Waals surface area contributed by atoms with Gasteiger partial charge in [-0.2, -0.15) is 0 Å². The lowest BCUT2D eigenvalue weighted by Gasteiger charge is -2.21. The molecule has 0 saturated carbocycles. The maximum Gasteiger partial charge on any atom is 0.231 e. The van der Waals surface area contributed by atoms with Crippen LogP contribution in [0, 0.1) is 6.92 Å². The first-order valence-electron chi connectivity index (χ1n) is 8.72. The lowest BCUT2D eigenvalue weighted by Crippen LogP contribution is -2.32. The van der Waals surface area contributed by atoms with Crippen molar-refractivity contribution in [3.05, 3.63) is 53.6 Å². The quantitative estimate of drug-likeness (QED) is 0.899. The van der Waals surface area contributed by atoms with Crippen LogP contribution in [-0.4, -0.2) is 36.4 Å². The van der Waals surface area contributed by atoms with E-state index in [-0.39, 0.29) is 19.1 Å². The maximum atomic E-state index is 12.5. The monoisotopic (exact) mass is 367 g/mol. The Labute approximate surface area is 157 Å².